The van der Waals surface area contributed by atoms with Gasteiger partial charge in [-0.15, -0.1) is 0 Å². The largest absolute Gasteiger partial charge is 0.478 e. The number of carbonyl (C=O) groups is 2. The van der Waals surface area contributed by atoms with E-state index in [9.17, 15) is 14.7 Å². The Labute approximate surface area is 113 Å². The summed E-state index contributed by atoms with van der Waals surface area (Å²) in [7, 11) is 0. The Morgan fingerprint density at radius 1 is 1.00 bits per heavy atom. The van der Waals surface area contributed by atoms with E-state index in [0.29, 0.717) is 11.4 Å². The maximum absolute atomic E-state index is 11.3. The highest BCUT2D eigenvalue weighted by molar-refractivity contribution is 6.02. The number of carboxylic acid groups (broad SMARTS) is 2. The minimum Gasteiger partial charge on any atom is -0.478 e. The van der Waals surface area contributed by atoms with Crippen LogP contribution in [0.1, 0.15) is 20.7 Å². The van der Waals surface area contributed by atoms with Crippen molar-refractivity contribution in [1.82, 2.24) is 0 Å². The second-order valence-corrected chi connectivity index (χ2v) is 4.23. The molecule has 0 bridgehead atoms. The summed E-state index contributed by atoms with van der Waals surface area (Å²) in [5.41, 5.74) is 0.600. The predicted octanol–water partition coefficient (Wildman–Crippen LogP) is 2.93. The SMILES string of the molecule is O=C(O)c1cc2c(c(C(=O)O)c1)Nc1ccccc1O2. The van der Waals surface area contributed by atoms with Gasteiger partial charge in [-0.2, -0.15) is 0 Å². The van der Waals surface area contributed by atoms with Crippen molar-refractivity contribution in [1.29, 1.82) is 0 Å². The van der Waals surface area contributed by atoms with Gasteiger partial charge in [-0.3, -0.25) is 0 Å². The minimum atomic E-state index is -1.22. The van der Waals surface area contributed by atoms with Crippen LogP contribution in [0.2, 0.25) is 0 Å². The molecule has 0 radical (unpaired) electrons. The predicted molar refractivity (Wildman–Crippen MR) is 70.2 cm³/mol. The molecule has 0 unspecified atom stereocenters. The first-order valence-corrected chi connectivity index (χ1v) is 5.75. The van der Waals surface area contributed by atoms with E-state index in [1.165, 1.54) is 6.07 Å². The summed E-state index contributed by atoms with van der Waals surface area (Å²) in [6.45, 7) is 0. The summed E-state index contributed by atoms with van der Waals surface area (Å²) >= 11 is 0. The third-order valence-electron chi connectivity index (χ3n) is 2.95. The number of carboxylic acids is 2. The summed E-state index contributed by atoms with van der Waals surface area (Å²) in [4.78, 5) is 22.3. The third kappa shape index (κ3) is 1.83. The fraction of sp³-hybridized carbons (Fsp3) is 0. The van der Waals surface area contributed by atoms with Crippen molar-refractivity contribution < 1.29 is 24.5 Å². The van der Waals surface area contributed by atoms with Gasteiger partial charge in [0.25, 0.3) is 0 Å². The van der Waals surface area contributed by atoms with Crippen molar-refractivity contribution in [2.24, 2.45) is 0 Å². The van der Waals surface area contributed by atoms with E-state index >= 15 is 0 Å². The molecule has 0 saturated heterocycles. The van der Waals surface area contributed by atoms with Crippen molar-refractivity contribution in [3.63, 3.8) is 0 Å². The van der Waals surface area contributed by atoms with Gasteiger partial charge in [0.1, 0.15) is 0 Å². The monoisotopic (exact) mass is 271 g/mol. The summed E-state index contributed by atoms with van der Waals surface area (Å²) < 4.78 is 5.57. The highest BCUT2D eigenvalue weighted by atomic mass is 16.5. The van der Waals surface area contributed by atoms with Gasteiger partial charge < -0.3 is 20.3 Å². The Morgan fingerprint density at radius 3 is 2.45 bits per heavy atom. The Balaban J connectivity index is 2.19. The molecule has 0 atom stereocenters. The Hall–Kier alpha value is -3.02. The van der Waals surface area contributed by atoms with Crippen molar-refractivity contribution in [2.45, 2.75) is 0 Å². The lowest BCUT2D eigenvalue weighted by atomic mass is 10.1. The zero-order chi connectivity index (χ0) is 14.3. The number of anilines is 2. The molecule has 20 heavy (non-hydrogen) atoms. The quantitative estimate of drug-likeness (QED) is 0.663. The molecule has 1 aliphatic heterocycles. The molecular weight excluding hydrogens is 262 g/mol. The van der Waals surface area contributed by atoms with Crippen molar-refractivity contribution >= 4 is 23.3 Å². The van der Waals surface area contributed by atoms with E-state index in [1.54, 1.807) is 24.3 Å². The first kappa shape index (κ1) is 12.0. The van der Waals surface area contributed by atoms with Crippen LogP contribution in [-0.2, 0) is 0 Å². The number of aromatic carboxylic acids is 2. The number of hydrogen-bond acceptors (Lipinski definition) is 4. The Kier molecular flexibility index (Phi) is 2.57. The second kappa shape index (κ2) is 4.27. The average molecular weight is 271 g/mol. The zero-order valence-corrected chi connectivity index (χ0v) is 10.1. The lowest BCUT2D eigenvalue weighted by Gasteiger charge is -2.23. The number of benzene rings is 2. The van der Waals surface area contributed by atoms with E-state index in [4.69, 9.17) is 9.84 Å². The molecule has 0 spiro atoms. The zero-order valence-electron chi connectivity index (χ0n) is 10.1. The van der Waals surface area contributed by atoms with Crippen molar-refractivity contribution in [3.05, 3.63) is 47.5 Å². The second-order valence-electron chi connectivity index (χ2n) is 4.23. The van der Waals surface area contributed by atoms with Crippen molar-refractivity contribution in [2.75, 3.05) is 5.32 Å². The smallest absolute Gasteiger partial charge is 0.337 e. The van der Waals surface area contributed by atoms with Gasteiger partial charge in [0.2, 0.25) is 0 Å². The summed E-state index contributed by atoms with van der Waals surface area (Å²) in [6.07, 6.45) is 0. The van der Waals surface area contributed by atoms with E-state index in [0.717, 1.165) is 6.07 Å². The maximum Gasteiger partial charge on any atom is 0.337 e. The van der Waals surface area contributed by atoms with Crippen LogP contribution >= 0.6 is 0 Å². The van der Waals surface area contributed by atoms with E-state index < -0.39 is 11.9 Å². The molecule has 1 heterocycles. The normalized spacial score (nSPS) is 11.6. The molecule has 0 aromatic heterocycles. The first-order valence-electron chi connectivity index (χ1n) is 5.75. The number of para-hydroxylation sites is 2. The third-order valence-corrected chi connectivity index (χ3v) is 2.95. The van der Waals surface area contributed by atoms with Gasteiger partial charge in [-0.05, 0) is 24.3 Å². The van der Waals surface area contributed by atoms with Crippen LogP contribution in [0.15, 0.2) is 36.4 Å². The standard InChI is InChI=1S/C14H9NO5/c16-13(17)7-5-8(14(18)19)12-11(6-7)20-10-4-2-1-3-9(10)15-12/h1-6,15H,(H,16,17)(H,18,19). The minimum absolute atomic E-state index is 0.137. The summed E-state index contributed by atoms with van der Waals surface area (Å²) in [5, 5.41) is 21.2. The number of rotatable bonds is 2. The number of nitrogens with one attached hydrogen (secondary N) is 1. The van der Waals surface area contributed by atoms with Gasteiger partial charge in [-0.25, -0.2) is 9.59 Å². The first-order chi connectivity index (χ1) is 9.56. The fourth-order valence-electron chi connectivity index (χ4n) is 2.03. The molecule has 0 aliphatic carbocycles. The Bertz CT molecular complexity index is 738. The van der Waals surface area contributed by atoms with E-state index in [-0.39, 0.29) is 22.6 Å². The lowest BCUT2D eigenvalue weighted by Crippen LogP contribution is -2.11. The molecule has 2 aromatic carbocycles. The Morgan fingerprint density at radius 2 is 1.75 bits per heavy atom. The van der Waals surface area contributed by atoms with Crippen LogP contribution in [0.25, 0.3) is 0 Å². The molecule has 0 saturated carbocycles. The molecule has 100 valence electrons. The molecule has 2 aromatic rings. The molecular formula is C14H9NO5. The highest BCUT2D eigenvalue weighted by Crippen LogP contribution is 2.44. The van der Waals surface area contributed by atoms with Crippen LogP contribution in [0.3, 0.4) is 0 Å². The summed E-state index contributed by atoms with van der Waals surface area (Å²) in [5.74, 6) is -1.74. The van der Waals surface area contributed by atoms with Gasteiger partial charge in [0.15, 0.2) is 11.5 Å². The van der Waals surface area contributed by atoms with Crippen LogP contribution in [-0.4, -0.2) is 22.2 Å². The number of hydrogen-bond donors (Lipinski definition) is 3. The van der Waals surface area contributed by atoms with Crippen LogP contribution in [0.5, 0.6) is 11.5 Å². The molecule has 1 aliphatic rings. The van der Waals surface area contributed by atoms with E-state index in [2.05, 4.69) is 5.32 Å². The van der Waals surface area contributed by atoms with Gasteiger partial charge in [0.05, 0.1) is 22.5 Å². The molecule has 3 rings (SSSR count). The molecule has 6 nitrogen and oxygen atoms in total. The topological polar surface area (TPSA) is 95.9 Å². The maximum atomic E-state index is 11.3. The fourth-order valence-corrected chi connectivity index (χ4v) is 2.03. The molecule has 3 N–H and O–H groups in total. The van der Waals surface area contributed by atoms with E-state index in [1.807, 2.05) is 0 Å². The van der Waals surface area contributed by atoms with Crippen LogP contribution < -0.4 is 10.1 Å². The van der Waals surface area contributed by atoms with Crippen LogP contribution in [0, 0.1) is 0 Å². The summed E-state index contributed by atoms with van der Waals surface area (Å²) in [6, 6.07) is 9.41. The van der Waals surface area contributed by atoms with Crippen LogP contribution in [0.4, 0.5) is 11.4 Å². The van der Waals surface area contributed by atoms with Gasteiger partial charge in [0, 0.05) is 0 Å². The number of fused-ring (bicyclic) bond motifs is 2. The molecule has 0 fully saturated rings. The number of ether oxygens (including phenoxy) is 1. The molecule has 6 heteroatoms. The molecule has 0 amide bonds. The lowest BCUT2D eigenvalue weighted by molar-refractivity contribution is 0.0696. The van der Waals surface area contributed by atoms with Crippen molar-refractivity contribution in [3.8, 4) is 11.5 Å². The highest BCUT2D eigenvalue weighted by Gasteiger charge is 2.24. The average Bonchev–Trinajstić information content (AvgIpc) is 2.43. The van der Waals surface area contributed by atoms with Gasteiger partial charge in [-0.1, -0.05) is 12.1 Å². The van der Waals surface area contributed by atoms with Gasteiger partial charge >= 0.3 is 11.9 Å².